The molecule has 0 aromatic carbocycles. The van der Waals surface area contributed by atoms with Crippen LogP contribution in [0.3, 0.4) is 0 Å². The molecule has 25 heavy (non-hydrogen) atoms. The number of aromatic nitrogens is 3. The Kier molecular flexibility index (Phi) is 4.82. The summed E-state index contributed by atoms with van der Waals surface area (Å²) in [4.78, 5) is 24.8. The molecule has 0 amide bonds. The van der Waals surface area contributed by atoms with Gasteiger partial charge in [0.15, 0.2) is 5.82 Å². The Bertz CT molecular complexity index is 781. The lowest BCUT2D eigenvalue weighted by atomic mass is 10.2. The van der Waals surface area contributed by atoms with Crippen LogP contribution in [0.2, 0.25) is 0 Å². The highest BCUT2D eigenvalue weighted by Crippen LogP contribution is 2.28. The maximum absolute atomic E-state index is 12.0. The first kappa shape index (κ1) is 16.7. The SMILES string of the molecule is Cn1ccnc(NC[C@@H]2CN(Cc3nc4c(s3)CCC4)CCO2)c1=O. The molecule has 3 heterocycles. The van der Waals surface area contributed by atoms with Crippen LogP contribution >= 0.6 is 11.3 Å². The molecule has 7 nitrogen and oxygen atoms in total. The van der Waals surface area contributed by atoms with Crippen LogP contribution in [0, 0.1) is 0 Å². The highest BCUT2D eigenvalue weighted by Gasteiger charge is 2.23. The molecule has 0 radical (unpaired) electrons. The third-order valence-corrected chi connectivity index (χ3v) is 5.88. The average Bonchev–Trinajstić information content (AvgIpc) is 3.18. The van der Waals surface area contributed by atoms with Gasteiger partial charge in [0, 0.05) is 44.0 Å². The molecule has 134 valence electrons. The molecule has 1 N–H and O–H groups in total. The molecule has 2 aromatic rings. The van der Waals surface area contributed by atoms with E-state index in [0.717, 1.165) is 26.1 Å². The van der Waals surface area contributed by atoms with Gasteiger partial charge in [-0.05, 0) is 19.3 Å². The topological polar surface area (TPSA) is 72.3 Å². The quantitative estimate of drug-likeness (QED) is 0.858. The van der Waals surface area contributed by atoms with E-state index in [1.165, 1.54) is 33.0 Å². The minimum absolute atomic E-state index is 0.0484. The molecule has 2 aromatic heterocycles. The van der Waals surface area contributed by atoms with E-state index in [0.29, 0.717) is 19.0 Å². The zero-order valence-electron chi connectivity index (χ0n) is 14.4. The number of rotatable bonds is 5. The van der Waals surface area contributed by atoms with E-state index in [9.17, 15) is 4.79 Å². The summed E-state index contributed by atoms with van der Waals surface area (Å²) in [5.74, 6) is 0.377. The number of hydrogen-bond donors (Lipinski definition) is 1. The molecular formula is C17H23N5O2S. The molecular weight excluding hydrogens is 338 g/mol. The van der Waals surface area contributed by atoms with Crippen molar-refractivity contribution < 1.29 is 4.74 Å². The van der Waals surface area contributed by atoms with Crippen molar-refractivity contribution in [2.45, 2.75) is 31.9 Å². The van der Waals surface area contributed by atoms with E-state index in [4.69, 9.17) is 9.72 Å². The van der Waals surface area contributed by atoms with Crippen LogP contribution in [0.1, 0.15) is 22.0 Å². The Morgan fingerprint density at radius 3 is 3.24 bits per heavy atom. The minimum Gasteiger partial charge on any atom is -0.374 e. The second-order valence-corrected chi connectivity index (χ2v) is 7.80. The third kappa shape index (κ3) is 3.75. The molecule has 8 heteroatoms. The van der Waals surface area contributed by atoms with Crippen LogP contribution in [-0.2, 0) is 31.2 Å². The number of thiazole rings is 1. The van der Waals surface area contributed by atoms with Gasteiger partial charge in [0.2, 0.25) is 0 Å². The highest BCUT2D eigenvalue weighted by molar-refractivity contribution is 7.11. The first-order chi connectivity index (χ1) is 12.2. The monoisotopic (exact) mass is 361 g/mol. The molecule has 1 atom stereocenters. The lowest BCUT2D eigenvalue weighted by Crippen LogP contribution is -2.45. The van der Waals surface area contributed by atoms with Gasteiger partial charge in [-0.3, -0.25) is 9.69 Å². The summed E-state index contributed by atoms with van der Waals surface area (Å²) in [6.07, 6.45) is 6.92. The van der Waals surface area contributed by atoms with Gasteiger partial charge in [-0.2, -0.15) is 0 Å². The van der Waals surface area contributed by atoms with E-state index in [-0.39, 0.29) is 11.7 Å². The molecule has 1 aliphatic carbocycles. The van der Waals surface area contributed by atoms with Crippen molar-refractivity contribution in [2.24, 2.45) is 7.05 Å². The summed E-state index contributed by atoms with van der Waals surface area (Å²) < 4.78 is 7.36. The number of nitrogens with one attached hydrogen (secondary N) is 1. The Labute approximate surface area is 150 Å². The van der Waals surface area contributed by atoms with Crippen LogP contribution in [0.4, 0.5) is 5.82 Å². The molecule has 0 spiro atoms. The van der Waals surface area contributed by atoms with Crippen molar-refractivity contribution in [3.8, 4) is 0 Å². The van der Waals surface area contributed by atoms with E-state index < -0.39 is 0 Å². The maximum atomic E-state index is 12.0. The largest absolute Gasteiger partial charge is 0.374 e. The second kappa shape index (κ2) is 7.23. The smallest absolute Gasteiger partial charge is 0.293 e. The van der Waals surface area contributed by atoms with Crippen LogP contribution in [-0.4, -0.2) is 51.8 Å². The first-order valence-corrected chi connectivity index (χ1v) is 9.57. The fourth-order valence-electron chi connectivity index (χ4n) is 3.38. The van der Waals surface area contributed by atoms with E-state index >= 15 is 0 Å². The summed E-state index contributed by atoms with van der Waals surface area (Å²) in [6.45, 7) is 3.94. The van der Waals surface area contributed by atoms with E-state index in [1.807, 2.05) is 11.3 Å². The Morgan fingerprint density at radius 1 is 1.44 bits per heavy atom. The number of nitrogens with zero attached hydrogens (tertiary/aromatic N) is 4. The Hall–Kier alpha value is -1.77. The molecule has 0 bridgehead atoms. The first-order valence-electron chi connectivity index (χ1n) is 8.76. The fraction of sp³-hybridized carbons (Fsp3) is 0.588. The van der Waals surface area contributed by atoms with Gasteiger partial charge in [-0.1, -0.05) is 0 Å². The molecule has 0 unspecified atom stereocenters. The second-order valence-electron chi connectivity index (χ2n) is 6.63. The predicted molar refractivity (Wildman–Crippen MR) is 97.1 cm³/mol. The average molecular weight is 361 g/mol. The normalized spacial score (nSPS) is 20.6. The number of hydrogen-bond acceptors (Lipinski definition) is 7. The number of morpholine rings is 1. The molecule has 0 saturated carbocycles. The van der Waals surface area contributed by atoms with Gasteiger partial charge in [0.05, 0.1) is 24.9 Å². The number of ether oxygens (including phenoxy) is 1. The van der Waals surface area contributed by atoms with Crippen LogP contribution in [0.15, 0.2) is 17.2 Å². The summed E-state index contributed by atoms with van der Waals surface area (Å²) >= 11 is 1.87. The molecule has 1 saturated heterocycles. The third-order valence-electron chi connectivity index (χ3n) is 4.74. The zero-order chi connectivity index (χ0) is 17.2. The Balaban J connectivity index is 1.33. The van der Waals surface area contributed by atoms with Gasteiger partial charge in [-0.25, -0.2) is 9.97 Å². The Morgan fingerprint density at radius 2 is 2.36 bits per heavy atom. The van der Waals surface area contributed by atoms with Gasteiger partial charge in [0.1, 0.15) is 5.01 Å². The predicted octanol–water partition coefficient (Wildman–Crippen LogP) is 1.04. The minimum atomic E-state index is -0.118. The van der Waals surface area contributed by atoms with E-state index in [1.54, 1.807) is 19.4 Å². The lowest BCUT2D eigenvalue weighted by molar-refractivity contribution is -0.0241. The summed E-state index contributed by atoms with van der Waals surface area (Å²) in [5, 5.41) is 4.35. The zero-order valence-corrected chi connectivity index (χ0v) is 15.2. The van der Waals surface area contributed by atoms with Gasteiger partial charge >= 0.3 is 0 Å². The van der Waals surface area contributed by atoms with Crippen molar-refractivity contribution in [3.63, 3.8) is 0 Å². The van der Waals surface area contributed by atoms with Crippen molar-refractivity contribution in [3.05, 3.63) is 38.3 Å². The lowest BCUT2D eigenvalue weighted by Gasteiger charge is -2.32. The molecule has 1 fully saturated rings. The van der Waals surface area contributed by atoms with Gasteiger partial charge in [-0.15, -0.1) is 11.3 Å². The fourth-order valence-corrected chi connectivity index (χ4v) is 4.58. The summed E-state index contributed by atoms with van der Waals surface area (Å²) in [7, 11) is 1.72. The standard InChI is InChI=1S/C17H23N5O2S/c1-21-6-5-18-16(17(21)23)19-9-12-10-22(7-8-24-12)11-15-20-13-3-2-4-14(13)25-15/h5-6,12H,2-4,7-11H2,1H3,(H,18,19)/t12-/m1/s1. The molecule has 4 rings (SSSR count). The van der Waals surface area contributed by atoms with E-state index in [2.05, 4.69) is 15.2 Å². The van der Waals surface area contributed by atoms with Crippen LogP contribution < -0.4 is 10.9 Å². The van der Waals surface area contributed by atoms with Gasteiger partial charge in [0.25, 0.3) is 5.56 Å². The maximum Gasteiger partial charge on any atom is 0.293 e. The highest BCUT2D eigenvalue weighted by atomic mass is 32.1. The van der Waals surface area contributed by atoms with Crippen molar-refractivity contribution in [2.75, 3.05) is 31.6 Å². The number of anilines is 1. The van der Waals surface area contributed by atoms with Crippen molar-refractivity contribution in [1.29, 1.82) is 0 Å². The summed E-state index contributed by atoms with van der Waals surface area (Å²) in [6, 6.07) is 0. The van der Waals surface area contributed by atoms with Crippen LogP contribution in [0.5, 0.6) is 0 Å². The van der Waals surface area contributed by atoms with Crippen molar-refractivity contribution >= 4 is 17.2 Å². The van der Waals surface area contributed by atoms with Gasteiger partial charge < -0.3 is 14.6 Å². The molecule has 2 aliphatic rings. The molecule has 1 aliphatic heterocycles. The van der Waals surface area contributed by atoms with Crippen molar-refractivity contribution in [1.82, 2.24) is 19.4 Å². The van der Waals surface area contributed by atoms with Crippen LogP contribution in [0.25, 0.3) is 0 Å². The summed E-state index contributed by atoms with van der Waals surface area (Å²) in [5.41, 5.74) is 1.20. The number of aryl methyl sites for hydroxylation is 3. The number of fused-ring (bicyclic) bond motifs is 1.